The molecule has 0 radical (unpaired) electrons. The molecule has 15 heavy (non-hydrogen) atoms. The number of nitrogens with zero attached hydrogens (tertiary/aromatic N) is 2. The van der Waals surface area contributed by atoms with E-state index in [-0.39, 0.29) is 0 Å². The van der Waals surface area contributed by atoms with E-state index in [0.29, 0.717) is 5.41 Å². The van der Waals surface area contributed by atoms with Gasteiger partial charge in [-0.25, -0.2) is 9.97 Å². The lowest BCUT2D eigenvalue weighted by Crippen LogP contribution is -2.36. The predicted molar refractivity (Wildman–Crippen MR) is 69.8 cm³/mol. The van der Waals surface area contributed by atoms with Crippen molar-refractivity contribution in [3.8, 4) is 0 Å². The zero-order chi connectivity index (χ0) is 10.7. The smallest absolute Gasteiger partial charge is 0.222 e. The van der Waals surface area contributed by atoms with Gasteiger partial charge in [0.15, 0.2) is 0 Å². The molecule has 0 unspecified atom stereocenters. The van der Waals surface area contributed by atoms with Crippen LogP contribution in [0.4, 0.5) is 5.95 Å². The highest BCUT2D eigenvalue weighted by molar-refractivity contribution is 14.1. The summed E-state index contributed by atoms with van der Waals surface area (Å²) in [5.74, 6) is 0.759. The van der Waals surface area contributed by atoms with Crippen molar-refractivity contribution < 1.29 is 0 Å². The van der Waals surface area contributed by atoms with Crippen molar-refractivity contribution in [3.05, 3.63) is 16.0 Å². The van der Waals surface area contributed by atoms with Crippen LogP contribution < -0.4 is 5.32 Å². The van der Waals surface area contributed by atoms with Gasteiger partial charge in [0.1, 0.15) is 0 Å². The van der Waals surface area contributed by atoms with Gasteiger partial charge in [-0.3, -0.25) is 0 Å². The van der Waals surface area contributed by atoms with Gasteiger partial charge < -0.3 is 5.32 Å². The van der Waals surface area contributed by atoms with Gasteiger partial charge in [-0.15, -0.1) is 0 Å². The number of hydrogen-bond acceptors (Lipinski definition) is 3. The van der Waals surface area contributed by atoms with Crippen LogP contribution in [0.2, 0.25) is 0 Å². The Balaban J connectivity index is 1.90. The number of nitrogens with one attached hydrogen (secondary N) is 1. The SMILES string of the molecule is CCC1(CNc2ncc(I)cn2)CCC1. The third-order valence-corrected chi connectivity index (χ3v) is 3.96. The Kier molecular flexibility index (Phi) is 3.43. The standard InChI is InChI=1S/C11H16IN3/c1-2-11(4-3-5-11)8-15-10-13-6-9(12)7-14-10/h6-7H,2-5,8H2,1H3,(H,13,14,15). The molecule has 3 nitrogen and oxygen atoms in total. The van der Waals surface area contributed by atoms with E-state index in [0.717, 1.165) is 16.1 Å². The molecule has 1 aromatic heterocycles. The average Bonchev–Trinajstić information content (AvgIpc) is 2.20. The van der Waals surface area contributed by atoms with Gasteiger partial charge in [0.05, 0.1) is 0 Å². The third kappa shape index (κ3) is 2.59. The minimum absolute atomic E-state index is 0.520. The number of halogens is 1. The molecule has 0 saturated heterocycles. The molecule has 1 aromatic rings. The minimum Gasteiger partial charge on any atom is -0.354 e. The maximum absolute atomic E-state index is 4.24. The van der Waals surface area contributed by atoms with E-state index in [1.54, 1.807) is 0 Å². The minimum atomic E-state index is 0.520. The summed E-state index contributed by atoms with van der Waals surface area (Å²) in [6, 6.07) is 0. The molecule has 4 heteroatoms. The van der Waals surface area contributed by atoms with Crippen molar-refractivity contribution in [2.75, 3.05) is 11.9 Å². The average molecular weight is 317 g/mol. The highest BCUT2D eigenvalue weighted by Crippen LogP contribution is 2.43. The normalized spacial score (nSPS) is 18.3. The van der Waals surface area contributed by atoms with Crippen molar-refractivity contribution in [1.29, 1.82) is 0 Å². The molecule has 1 saturated carbocycles. The molecule has 0 spiro atoms. The van der Waals surface area contributed by atoms with Crippen LogP contribution in [0.5, 0.6) is 0 Å². The summed E-state index contributed by atoms with van der Waals surface area (Å²) in [6.45, 7) is 3.29. The zero-order valence-electron chi connectivity index (χ0n) is 8.96. The topological polar surface area (TPSA) is 37.8 Å². The predicted octanol–water partition coefficient (Wildman–Crippen LogP) is 3.07. The molecule has 82 valence electrons. The fourth-order valence-electron chi connectivity index (χ4n) is 2.00. The van der Waals surface area contributed by atoms with Crippen LogP contribution in [-0.2, 0) is 0 Å². The molecule has 0 bridgehead atoms. The number of hydrogen-bond donors (Lipinski definition) is 1. The lowest BCUT2D eigenvalue weighted by atomic mass is 9.67. The molecule has 1 N–H and O–H groups in total. The van der Waals surface area contributed by atoms with Crippen LogP contribution >= 0.6 is 22.6 Å². The Morgan fingerprint density at radius 3 is 2.53 bits per heavy atom. The molecule has 0 aromatic carbocycles. The zero-order valence-corrected chi connectivity index (χ0v) is 11.1. The van der Waals surface area contributed by atoms with Crippen LogP contribution in [0.1, 0.15) is 32.6 Å². The van der Waals surface area contributed by atoms with Crippen LogP contribution in [0.3, 0.4) is 0 Å². The lowest BCUT2D eigenvalue weighted by molar-refractivity contribution is 0.144. The highest BCUT2D eigenvalue weighted by atomic mass is 127. The molecule has 2 rings (SSSR count). The molecule has 0 atom stereocenters. The monoisotopic (exact) mass is 317 g/mol. The first-order valence-corrected chi connectivity index (χ1v) is 6.53. The summed E-state index contributed by atoms with van der Waals surface area (Å²) >= 11 is 2.21. The van der Waals surface area contributed by atoms with Crippen LogP contribution in [-0.4, -0.2) is 16.5 Å². The van der Waals surface area contributed by atoms with Gasteiger partial charge in [-0.05, 0) is 47.3 Å². The quantitative estimate of drug-likeness (QED) is 0.867. The van der Waals surface area contributed by atoms with E-state index in [2.05, 4.69) is 44.8 Å². The van der Waals surface area contributed by atoms with Gasteiger partial charge >= 0.3 is 0 Å². The van der Waals surface area contributed by atoms with Gasteiger partial charge in [0, 0.05) is 22.5 Å². The molecule has 0 amide bonds. The van der Waals surface area contributed by atoms with Crippen LogP contribution in [0.25, 0.3) is 0 Å². The summed E-state index contributed by atoms with van der Waals surface area (Å²) in [5.41, 5.74) is 0.520. The van der Waals surface area contributed by atoms with E-state index in [1.165, 1.54) is 25.7 Å². The molecule has 0 aliphatic heterocycles. The van der Waals surface area contributed by atoms with E-state index >= 15 is 0 Å². The van der Waals surface area contributed by atoms with Crippen molar-refractivity contribution in [2.24, 2.45) is 5.41 Å². The Morgan fingerprint density at radius 2 is 2.07 bits per heavy atom. The summed E-state index contributed by atoms with van der Waals surface area (Å²) in [5, 5.41) is 3.34. The number of aromatic nitrogens is 2. The third-order valence-electron chi connectivity index (χ3n) is 3.41. The van der Waals surface area contributed by atoms with Gasteiger partial charge in [-0.1, -0.05) is 13.3 Å². The molecule has 1 fully saturated rings. The van der Waals surface area contributed by atoms with Crippen LogP contribution in [0.15, 0.2) is 12.4 Å². The number of anilines is 1. The van der Waals surface area contributed by atoms with Crippen molar-refractivity contribution in [3.63, 3.8) is 0 Å². The maximum atomic E-state index is 4.24. The molecule has 1 heterocycles. The molecular weight excluding hydrogens is 301 g/mol. The summed E-state index contributed by atoms with van der Waals surface area (Å²) in [4.78, 5) is 8.49. The number of rotatable bonds is 4. The van der Waals surface area contributed by atoms with E-state index in [4.69, 9.17) is 0 Å². The fraction of sp³-hybridized carbons (Fsp3) is 0.636. The first-order valence-electron chi connectivity index (χ1n) is 5.45. The van der Waals surface area contributed by atoms with Crippen molar-refractivity contribution in [1.82, 2.24) is 9.97 Å². The Labute approximate surface area is 104 Å². The van der Waals surface area contributed by atoms with E-state index < -0.39 is 0 Å². The second-order valence-electron chi connectivity index (χ2n) is 4.29. The van der Waals surface area contributed by atoms with Crippen molar-refractivity contribution >= 4 is 28.5 Å². The lowest BCUT2D eigenvalue weighted by Gasteiger charge is -2.41. The maximum Gasteiger partial charge on any atom is 0.222 e. The van der Waals surface area contributed by atoms with E-state index in [9.17, 15) is 0 Å². The van der Waals surface area contributed by atoms with Gasteiger partial charge in [-0.2, -0.15) is 0 Å². The van der Waals surface area contributed by atoms with Crippen LogP contribution in [0, 0.1) is 8.99 Å². The molecule has 1 aliphatic rings. The Morgan fingerprint density at radius 1 is 1.40 bits per heavy atom. The first-order chi connectivity index (χ1) is 7.24. The summed E-state index contributed by atoms with van der Waals surface area (Å²) in [6.07, 6.45) is 9.01. The van der Waals surface area contributed by atoms with Gasteiger partial charge in [0.25, 0.3) is 0 Å². The molecule has 1 aliphatic carbocycles. The second kappa shape index (κ2) is 4.63. The molecular formula is C11H16IN3. The fourth-order valence-corrected chi connectivity index (χ4v) is 2.28. The summed E-state index contributed by atoms with van der Waals surface area (Å²) in [7, 11) is 0. The van der Waals surface area contributed by atoms with E-state index in [1.807, 2.05) is 12.4 Å². The first kappa shape index (κ1) is 11.1. The summed E-state index contributed by atoms with van der Waals surface area (Å²) < 4.78 is 1.08. The second-order valence-corrected chi connectivity index (χ2v) is 5.53. The highest BCUT2D eigenvalue weighted by Gasteiger charge is 2.34. The largest absolute Gasteiger partial charge is 0.354 e. The van der Waals surface area contributed by atoms with Crippen molar-refractivity contribution in [2.45, 2.75) is 32.6 Å². The Bertz CT molecular complexity index is 314. The van der Waals surface area contributed by atoms with Gasteiger partial charge in [0.2, 0.25) is 5.95 Å². The Hall–Kier alpha value is -0.390.